The molecule has 96 valence electrons. The second kappa shape index (κ2) is 6.71. The lowest BCUT2D eigenvalue weighted by atomic mass is 10.1. The van der Waals surface area contributed by atoms with E-state index in [4.69, 9.17) is 0 Å². The van der Waals surface area contributed by atoms with E-state index >= 15 is 0 Å². The average Bonchev–Trinajstić information content (AvgIpc) is 2.31. The van der Waals surface area contributed by atoms with Gasteiger partial charge in [0, 0.05) is 0 Å². The molecule has 0 heterocycles. The first-order valence-electron chi connectivity index (χ1n) is 6.25. The highest BCUT2D eigenvalue weighted by molar-refractivity contribution is 7.42. The Balaban J connectivity index is 2.71. The van der Waals surface area contributed by atoms with Gasteiger partial charge in [0.05, 0.1) is 0 Å². The van der Waals surface area contributed by atoms with E-state index in [-0.39, 0.29) is 0 Å². The summed E-state index contributed by atoms with van der Waals surface area (Å²) in [5.74, 6) is 0. The highest BCUT2D eigenvalue weighted by Crippen LogP contribution is 2.34. The molecule has 18 heavy (non-hydrogen) atoms. The SMILES string of the molecule is C=CC(C(=C)PCc1ccc(C)c(C)c1)=C(C)C. The summed E-state index contributed by atoms with van der Waals surface area (Å²) < 4.78 is 0. The predicted octanol–water partition coefficient (Wildman–Crippen LogP) is 5.52. The lowest BCUT2D eigenvalue weighted by molar-refractivity contribution is 1.28. The summed E-state index contributed by atoms with van der Waals surface area (Å²) in [6, 6.07) is 6.71. The van der Waals surface area contributed by atoms with Crippen LogP contribution in [0.15, 0.2) is 53.9 Å². The Labute approximate surface area is 113 Å². The van der Waals surface area contributed by atoms with Crippen LogP contribution in [0, 0.1) is 13.8 Å². The molecule has 0 N–H and O–H groups in total. The van der Waals surface area contributed by atoms with Crippen LogP contribution in [0.25, 0.3) is 0 Å². The minimum atomic E-state index is 0.733. The highest BCUT2D eigenvalue weighted by atomic mass is 31.1. The monoisotopic (exact) mass is 258 g/mol. The zero-order chi connectivity index (χ0) is 13.7. The lowest BCUT2D eigenvalue weighted by Gasteiger charge is -2.10. The van der Waals surface area contributed by atoms with Gasteiger partial charge in [-0.3, -0.25) is 0 Å². The molecule has 0 aliphatic heterocycles. The van der Waals surface area contributed by atoms with E-state index in [1.807, 2.05) is 6.08 Å². The van der Waals surface area contributed by atoms with Crippen LogP contribution in [0.5, 0.6) is 0 Å². The molecule has 1 heteroatoms. The number of allylic oxidation sites excluding steroid dienone is 4. The standard InChI is InChI=1S/C17H23P/c1-7-17(12(2)3)15(6)18-11-16-9-8-13(4)14(5)10-16/h7-10,18H,1,6,11H2,2-5H3. The molecule has 0 aliphatic carbocycles. The molecule has 1 aromatic rings. The van der Waals surface area contributed by atoms with Gasteiger partial charge in [0.2, 0.25) is 0 Å². The zero-order valence-corrected chi connectivity index (χ0v) is 12.9. The maximum atomic E-state index is 4.19. The lowest BCUT2D eigenvalue weighted by Crippen LogP contribution is -1.87. The van der Waals surface area contributed by atoms with Crippen molar-refractivity contribution >= 4 is 8.58 Å². The minimum absolute atomic E-state index is 0.733. The molecule has 1 rings (SSSR count). The molecule has 0 amide bonds. The van der Waals surface area contributed by atoms with E-state index < -0.39 is 0 Å². The van der Waals surface area contributed by atoms with Gasteiger partial charge in [-0.25, -0.2) is 0 Å². The zero-order valence-electron chi connectivity index (χ0n) is 11.9. The van der Waals surface area contributed by atoms with Crippen molar-refractivity contribution < 1.29 is 0 Å². The van der Waals surface area contributed by atoms with Crippen LogP contribution in [0.1, 0.15) is 30.5 Å². The third-order valence-electron chi connectivity index (χ3n) is 3.15. The number of hydrogen-bond donors (Lipinski definition) is 0. The summed E-state index contributed by atoms with van der Waals surface area (Å²) >= 11 is 0. The first-order chi connectivity index (χ1) is 8.45. The largest absolute Gasteiger partial charge is 0.0984 e. The van der Waals surface area contributed by atoms with Gasteiger partial charge in [0.1, 0.15) is 0 Å². The molecule has 1 atom stereocenters. The molecule has 0 nitrogen and oxygen atoms in total. The van der Waals surface area contributed by atoms with Crippen LogP contribution >= 0.6 is 8.58 Å². The van der Waals surface area contributed by atoms with Gasteiger partial charge >= 0.3 is 0 Å². The highest BCUT2D eigenvalue weighted by Gasteiger charge is 2.03. The summed E-state index contributed by atoms with van der Waals surface area (Å²) in [5.41, 5.74) is 6.64. The molecule has 1 unspecified atom stereocenters. The number of rotatable bonds is 5. The Morgan fingerprint density at radius 2 is 1.89 bits per heavy atom. The Kier molecular flexibility index (Phi) is 5.56. The number of benzene rings is 1. The van der Waals surface area contributed by atoms with Gasteiger partial charge in [0.25, 0.3) is 0 Å². The summed E-state index contributed by atoms with van der Waals surface area (Å²) in [4.78, 5) is 0. The van der Waals surface area contributed by atoms with Crippen molar-refractivity contribution in [2.24, 2.45) is 0 Å². The normalized spacial score (nSPS) is 10.7. The van der Waals surface area contributed by atoms with Crippen LogP contribution in [0.2, 0.25) is 0 Å². The van der Waals surface area contributed by atoms with E-state index in [9.17, 15) is 0 Å². The van der Waals surface area contributed by atoms with Crippen molar-refractivity contribution in [3.8, 4) is 0 Å². The third-order valence-corrected chi connectivity index (χ3v) is 4.43. The Morgan fingerprint density at radius 3 is 2.39 bits per heavy atom. The second-order valence-electron chi connectivity index (χ2n) is 4.87. The first-order valence-corrected chi connectivity index (χ1v) is 7.45. The van der Waals surface area contributed by atoms with Gasteiger partial charge in [0.15, 0.2) is 0 Å². The van der Waals surface area contributed by atoms with Gasteiger partial charge < -0.3 is 0 Å². The molecule has 0 fully saturated rings. The third kappa shape index (κ3) is 3.96. The number of hydrogen-bond acceptors (Lipinski definition) is 0. The summed E-state index contributed by atoms with van der Waals surface area (Å²) in [6.07, 6.45) is 3.00. The van der Waals surface area contributed by atoms with Crippen LogP contribution in [0.3, 0.4) is 0 Å². The fourth-order valence-corrected chi connectivity index (χ4v) is 3.03. The van der Waals surface area contributed by atoms with Crippen molar-refractivity contribution in [2.45, 2.75) is 33.9 Å². The van der Waals surface area contributed by atoms with Crippen LogP contribution in [-0.2, 0) is 6.16 Å². The van der Waals surface area contributed by atoms with E-state index in [2.05, 4.69) is 59.1 Å². The second-order valence-corrected chi connectivity index (χ2v) is 6.18. The fourth-order valence-electron chi connectivity index (χ4n) is 1.85. The Morgan fingerprint density at radius 1 is 1.22 bits per heavy atom. The van der Waals surface area contributed by atoms with Crippen LogP contribution in [-0.4, -0.2) is 0 Å². The smallest absolute Gasteiger partial charge is 0.00601 e. The van der Waals surface area contributed by atoms with Gasteiger partial charge in [-0.05, 0) is 61.4 Å². The minimum Gasteiger partial charge on any atom is -0.0984 e. The quantitative estimate of drug-likeness (QED) is 0.482. The summed E-state index contributed by atoms with van der Waals surface area (Å²) in [6.45, 7) is 16.6. The average molecular weight is 258 g/mol. The predicted molar refractivity (Wildman–Crippen MR) is 85.6 cm³/mol. The van der Waals surface area contributed by atoms with Crippen LogP contribution in [0.4, 0.5) is 0 Å². The molecule has 0 radical (unpaired) electrons. The maximum Gasteiger partial charge on any atom is -0.00601 e. The van der Waals surface area contributed by atoms with Crippen molar-refractivity contribution in [1.29, 1.82) is 0 Å². The molecule has 0 saturated carbocycles. The van der Waals surface area contributed by atoms with E-state index in [1.165, 1.54) is 33.2 Å². The Hall–Kier alpha value is -1.13. The van der Waals surface area contributed by atoms with E-state index in [1.54, 1.807) is 0 Å². The van der Waals surface area contributed by atoms with Gasteiger partial charge in [-0.15, -0.1) is 0 Å². The molecule has 1 aromatic carbocycles. The fraction of sp³-hybridized carbons (Fsp3) is 0.294. The first kappa shape index (κ1) is 14.9. The van der Waals surface area contributed by atoms with E-state index in [0.29, 0.717) is 0 Å². The molecule has 0 aliphatic rings. The number of aryl methyl sites for hydroxylation is 2. The van der Waals surface area contributed by atoms with Crippen molar-refractivity contribution in [2.75, 3.05) is 0 Å². The van der Waals surface area contributed by atoms with E-state index in [0.717, 1.165) is 14.7 Å². The summed E-state index contributed by atoms with van der Waals surface area (Å²) in [5, 5.41) is 1.21. The molecular formula is C17H23P. The van der Waals surface area contributed by atoms with Gasteiger partial charge in [-0.2, -0.15) is 0 Å². The molecule has 0 saturated heterocycles. The molecule has 0 spiro atoms. The van der Waals surface area contributed by atoms with Crippen molar-refractivity contribution in [1.82, 2.24) is 0 Å². The molecule has 0 bridgehead atoms. The topological polar surface area (TPSA) is 0 Å². The summed E-state index contributed by atoms with van der Waals surface area (Å²) in [7, 11) is 0.733. The molecule has 0 aromatic heterocycles. The van der Waals surface area contributed by atoms with Crippen LogP contribution < -0.4 is 0 Å². The maximum absolute atomic E-state index is 4.19. The van der Waals surface area contributed by atoms with Crippen molar-refractivity contribution in [3.63, 3.8) is 0 Å². The molecular weight excluding hydrogens is 235 g/mol. The van der Waals surface area contributed by atoms with Crippen molar-refractivity contribution in [3.05, 3.63) is 70.6 Å². The Bertz CT molecular complexity index is 488. The van der Waals surface area contributed by atoms with Gasteiger partial charge in [-0.1, -0.05) is 51.6 Å².